The average molecular weight is 261 g/mol. The number of aromatic nitrogens is 2. The molecular formula is C10H19N3O3S. The molecule has 0 aliphatic heterocycles. The topological polar surface area (TPSA) is 84.2 Å². The SMILES string of the molecule is CCn1cnc(S(=O)(=O)NCC(C)(O)CC)c1. The molecule has 1 rings (SSSR count). The first-order chi connectivity index (χ1) is 7.80. The number of imidazole rings is 1. The molecule has 17 heavy (non-hydrogen) atoms. The zero-order valence-electron chi connectivity index (χ0n) is 10.3. The number of nitrogens with zero attached hydrogens (tertiary/aromatic N) is 2. The van der Waals surface area contributed by atoms with E-state index in [1.165, 1.54) is 12.5 Å². The lowest BCUT2D eigenvalue weighted by atomic mass is 10.1. The third-order valence-corrected chi connectivity index (χ3v) is 3.94. The summed E-state index contributed by atoms with van der Waals surface area (Å²) in [5.74, 6) is 0. The van der Waals surface area contributed by atoms with E-state index in [4.69, 9.17) is 0 Å². The van der Waals surface area contributed by atoms with Crippen LogP contribution in [0.1, 0.15) is 27.2 Å². The van der Waals surface area contributed by atoms with Crippen LogP contribution in [0.25, 0.3) is 0 Å². The Balaban J connectivity index is 2.76. The maximum Gasteiger partial charge on any atom is 0.259 e. The lowest BCUT2D eigenvalue weighted by Gasteiger charge is -2.20. The highest BCUT2D eigenvalue weighted by Crippen LogP contribution is 2.10. The lowest BCUT2D eigenvalue weighted by Crippen LogP contribution is -2.40. The van der Waals surface area contributed by atoms with E-state index in [9.17, 15) is 13.5 Å². The molecule has 1 aromatic rings. The Labute approximate surface area is 102 Å². The fourth-order valence-corrected chi connectivity index (χ4v) is 2.21. The molecule has 0 fully saturated rings. The first-order valence-corrected chi connectivity index (χ1v) is 7.03. The number of aryl methyl sites for hydroxylation is 1. The summed E-state index contributed by atoms with van der Waals surface area (Å²) in [5, 5.41) is 9.71. The van der Waals surface area contributed by atoms with Gasteiger partial charge in [0.05, 0.1) is 11.9 Å². The van der Waals surface area contributed by atoms with Crippen molar-refractivity contribution in [3.05, 3.63) is 12.5 Å². The van der Waals surface area contributed by atoms with Gasteiger partial charge in [0.25, 0.3) is 10.0 Å². The number of hydrogen-bond acceptors (Lipinski definition) is 4. The number of aliphatic hydroxyl groups is 1. The van der Waals surface area contributed by atoms with Crippen LogP contribution in [0.5, 0.6) is 0 Å². The third kappa shape index (κ3) is 3.79. The van der Waals surface area contributed by atoms with Crippen LogP contribution in [0.2, 0.25) is 0 Å². The molecule has 6 nitrogen and oxygen atoms in total. The van der Waals surface area contributed by atoms with Crippen molar-refractivity contribution in [3.8, 4) is 0 Å². The number of nitrogens with one attached hydrogen (secondary N) is 1. The summed E-state index contributed by atoms with van der Waals surface area (Å²) >= 11 is 0. The van der Waals surface area contributed by atoms with Crippen molar-refractivity contribution in [1.29, 1.82) is 0 Å². The Kier molecular flexibility index (Phi) is 4.29. The number of sulfonamides is 1. The number of hydrogen-bond donors (Lipinski definition) is 2. The quantitative estimate of drug-likeness (QED) is 0.773. The standard InChI is InChI=1S/C10H19N3O3S/c1-4-10(3,14)7-12-17(15,16)9-6-13(5-2)8-11-9/h6,8,12,14H,4-5,7H2,1-3H3. The first-order valence-electron chi connectivity index (χ1n) is 5.54. The van der Waals surface area contributed by atoms with Gasteiger partial charge in [-0.15, -0.1) is 0 Å². The van der Waals surface area contributed by atoms with Gasteiger partial charge in [-0.25, -0.2) is 18.1 Å². The molecular weight excluding hydrogens is 242 g/mol. The molecule has 0 spiro atoms. The van der Waals surface area contributed by atoms with Gasteiger partial charge < -0.3 is 9.67 Å². The van der Waals surface area contributed by atoms with Gasteiger partial charge in [0, 0.05) is 19.3 Å². The van der Waals surface area contributed by atoms with Crippen molar-refractivity contribution in [2.24, 2.45) is 0 Å². The van der Waals surface area contributed by atoms with Gasteiger partial charge in [-0.3, -0.25) is 0 Å². The highest BCUT2D eigenvalue weighted by molar-refractivity contribution is 7.89. The molecule has 1 unspecified atom stereocenters. The van der Waals surface area contributed by atoms with E-state index in [-0.39, 0.29) is 11.6 Å². The fraction of sp³-hybridized carbons (Fsp3) is 0.700. The summed E-state index contributed by atoms with van der Waals surface area (Å²) in [6.45, 7) is 5.91. The minimum atomic E-state index is -3.63. The second-order valence-electron chi connectivity index (χ2n) is 4.22. The first kappa shape index (κ1) is 14.1. The normalized spacial score (nSPS) is 15.8. The zero-order valence-corrected chi connectivity index (χ0v) is 11.2. The molecule has 0 amide bonds. The van der Waals surface area contributed by atoms with Crippen LogP contribution in [-0.4, -0.2) is 35.2 Å². The minimum Gasteiger partial charge on any atom is -0.389 e. The van der Waals surface area contributed by atoms with Gasteiger partial charge in [-0.2, -0.15) is 0 Å². The summed E-state index contributed by atoms with van der Waals surface area (Å²) in [6, 6.07) is 0. The van der Waals surface area contributed by atoms with Crippen LogP contribution in [0.3, 0.4) is 0 Å². The lowest BCUT2D eigenvalue weighted by molar-refractivity contribution is 0.0613. The molecule has 1 heterocycles. The molecule has 1 aromatic heterocycles. The van der Waals surface area contributed by atoms with Crippen molar-refractivity contribution in [1.82, 2.24) is 14.3 Å². The van der Waals surface area contributed by atoms with Gasteiger partial charge in [0.1, 0.15) is 0 Å². The van der Waals surface area contributed by atoms with E-state index in [1.807, 2.05) is 6.92 Å². The fourth-order valence-electron chi connectivity index (χ4n) is 1.10. The average Bonchev–Trinajstić information content (AvgIpc) is 2.76. The summed E-state index contributed by atoms with van der Waals surface area (Å²) in [5.41, 5.74) is -1.04. The highest BCUT2D eigenvalue weighted by Gasteiger charge is 2.23. The Hall–Kier alpha value is -0.920. The molecule has 0 radical (unpaired) electrons. The van der Waals surface area contributed by atoms with Gasteiger partial charge in [0.15, 0.2) is 5.03 Å². The third-order valence-electron chi connectivity index (χ3n) is 2.65. The molecule has 98 valence electrons. The van der Waals surface area contributed by atoms with Crippen LogP contribution in [0.15, 0.2) is 17.6 Å². The van der Waals surface area contributed by atoms with Gasteiger partial charge >= 0.3 is 0 Å². The Morgan fingerprint density at radius 3 is 2.65 bits per heavy atom. The molecule has 0 bridgehead atoms. The van der Waals surface area contributed by atoms with E-state index in [1.54, 1.807) is 18.4 Å². The van der Waals surface area contributed by atoms with Crippen molar-refractivity contribution >= 4 is 10.0 Å². The minimum absolute atomic E-state index is 0.0220. The smallest absolute Gasteiger partial charge is 0.259 e. The second kappa shape index (κ2) is 5.16. The van der Waals surface area contributed by atoms with Crippen molar-refractivity contribution in [2.75, 3.05) is 6.54 Å². The molecule has 0 aliphatic carbocycles. The summed E-state index contributed by atoms with van der Waals surface area (Å²) in [6.07, 6.45) is 3.40. The molecule has 1 atom stereocenters. The van der Waals surface area contributed by atoms with E-state index in [0.29, 0.717) is 13.0 Å². The van der Waals surface area contributed by atoms with E-state index < -0.39 is 15.6 Å². The Morgan fingerprint density at radius 1 is 1.53 bits per heavy atom. The Morgan fingerprint density at radius 2 is 2.18 bits per heavy atom. The number of rotatable bonds is 6. The summed E-state index contributed by atoms with van der Waals surface area (Å²) < 4.78 is 27.7. The van der Waals surface area contributed by atoms with Gasteiger partial charge in [-0.1, -0.05) is 6.92 Å². The molecule has 0 aliphatic rings. The van der Waals surface area contributed by atoms with Crippen LogP contribution < -0.4 is 4.72 Å². The van der Waals surface area contributed by atoms with Crippen LogP contribution in [0, 0.1) is 0 Å². The maximum atomic E-state index is 11.8. The molecule has 2 N–H and O–H groups in total. The predicted octanol–water partition coefficient (Wildman–Crippen LogP) is 0.342. The van der Waals surface area contributed by atoms with Gasteiger partial charge in [0.2, 0.25) is 0 Å². The van der Waals surface area contributed by atoms with Gasteiger partial charge in [-0.05, 0) is 20.3 Å². The second-order valence-corrected chi connectivity index (χ2v) is 5.93. The van der Waals surface area contributed by atoms with Crippen molar-refractivity contribution in [2.45, 2.75) is 44.4 Å². The Bertz CT molecular complexity index is 465. The van der Waals surface area contributed by atoms with Crippen LogP contribution in [0.4, 0.5) is 0 Å². The molecule has 0 saturated heterocycles. The van der Waals surface area contributed by atoms with Crippen LogP contribution >= 0.6 is 0 Å². The van der Waals surface area contributed by atoms with E-state index in [2.05, 4.69) is 9.71 Å². The predicted molar refractivity (Wildman–Crippen MR) is 64.0 cm³/mol. The highest BCUT2D eigenvalue weighted by atomic mass is 32.2. The van der Waals surface area contributed by atoms with Crippen LogP contribution in [-0.2, 0) is 16.6 Å². The zero-order chi connectivity index (χ0) is 13.1. The molecule has 7 heteroatoms. The van der Waals surface area contributed by atoms with Crippen molar-refractivity contribution in [3.63, 3.8) is 0 Å². The van der Waals surface area contributed by atoms with Crippen molar-refractivity contribution < 1.29 is 13.5 Å². The molecule has 0 saturated carbocycles. The van der Waals surface area contributed by atoms with E-state index >= 15 is 0 Å². The largest absolute Gasteiger partial charge is 0.389 e. The maximum absolute atomic E-state index is 11.8. The monoisotopic (exact) mass is 261 g/mol. The summed E-state index contributed by atoms with van der Waals surface area (Å²) in [4.78, 5) is 3.82. The summed E-state index contributed by atoms with van der Waals surface area (Å²) in [7, 11) is -3.63. The molecule has 0 aromatic carbocycles. The van der Waals surface area contributed by atoms with E-state index in [0.717, 1.165) is 0 Å².